The number of benzene rings is 1. The van der Waals surface area contributed by atoms with Crippen molar-refractivity contribution in [2.75, 3.05) is 6.54 Å². The van der Waals surface area contributed by atoms with Crippen molar-refractivity contribution in [2.24, 2.45) is 0 Å². The number of carboxylic acid groups (broad SMARTS) is 1. The Kier molecular flexibility index (Phi) is 2.74. The van der Waals surface area contributed by atoms with Gasteiger partial charge in [0.05, 0.1) is 5.56 Å². The van der Waals surface area contributed by atoms with Gasteiger partial charge in [-0.2, -0.15) is 0 Å². The molecule has 5 nitrogen and oxygen atoms in total. The number of hydrogen-bond donors (Lipinski definition) is 1. The number of amides is 1. The molecule has 1 aromatic carbocycles. The Bertz CT molecular complexity index is 646. The zero-order valence-electron chi connectivity index (χ0n) is 10.2. The second kappa shape index (κ2) is 4.42. The van der Waals surface area contributed by atoms with Crippen molar-refractivity contribution in [1.29, 1.82) is 0 Å². The SMILES string of the molecule is O=C(O)[C@@H]1CCCN1C(=O)c1coc2ccccc12. The Balaban J connectivity index is 1.98. The third-order valence-corrected chi connectivity index (χ3v) is 3.51. The van der Waals surface area contributed by atoms with Crippen LogP contribution in [0.15, 0.2) is 34.9 Å². The molecule has 0 saturated carbocycles. The number of likely N-dealkylation sites (tertiary alicyclic amines) is 1. The van der Waals surface area contributed by atoms with Crippen molar-refractivity contribution in [3.05, 3.63) is 36.1 Å². The van der Waals surface area contributed by atoms with Crippen LogP contribution in [-0.2, 0) is 4.79 Å². The van der Waals surface area contributed by atoms with E-state index in [1.165, 1.54) is 11.2 Å². The van der Waals surface area contributed by atoms with Crippen molar-refractivity contribution in [2.45, 2.75) is 18.9 Å². The summed E-state index contributed by atoms with van der Waals surface area (Å²) in [5.41, 5.74) is 1.07. The van der Waals surface area contributed by atoms with Crippen molar-refractivity contribution >= 4 is 22.8 Å². The third kappa shape index (κ3) is 1.87. The molecular weight excluding hydrogens is 246 g/mol. The van der Waals surface area contributed by atoms with E-state index in [9.17, 15) is 9.59 Å². The first-order valence-electron chi connectivity index (χ1n) is 6.18. The predicted molar refractivity (Wildman–Crippen MR) is 67.9 cm³/mol. The van der Waals surface area contributed by atoms with E-state index in [1.807, 2.05) is 12.1 Å². The highest BCUT2D eigenvalue weighted by atomic mass is 16.4. The molecule has 1 atom stereocenters. The van der Waals surface area contributed by atoms with Crippen LogP contribution in [0.4, 0.5) is 0 Å². The highest BCUT2D eigenvalue weighted by Crippen LogP contribution is 2.26. The zero-order chi connectivity index (χ0) is 13.4. The van der Waals surface area contributed by atoms with Crippen LogP contribution in [0.5, 0.6) is 0 Å². The van der Waals surface area contributed by atoms with Crippen molar-refractivity contribution in [3.8, 4) is 0 Å². The molecular formula is C14H13NO4. The van der Waals surface area contributed by atoms with Crippen LogP contribution >= 0.6 is 0 Å². The smallest absolute Gasteiger partial charge is 0.326 e. The number of carbonyl (C=O) groups is 2. The topological polar surface area (TPSA) is 70.8 Å². The van der Waals surface area contributed by atoms with Gasteiger partial charge >= 0.3 is 5.97 Å². The van der Waals surface area contributed by atoms with E-state index in [2.05, 4.69) is 0 Å². The van der Waals surface area contributed by atoms with Gasteiger partial charge in [-0.25, -0.2) is 4.79 Å². The van der Waals surface area contributed by atoms with Gasteiger partial charge in [0.2, 0.25) is 0 Å². The van der Waals surface area contributed by atoms with E-state index in [-0.39, 0.29) is 5.91 Å². The number of aliphatic carboxylic acids is 1. The molecule has 0 aliphatic carbocycles. The molecule has 1 aliphatic heterocycles. The minimum absolute atomic E-state index is 0.269. The molecule has 2 aromatic rings. The Hall–Kier alpha value is -2.30. The summed E-state index contributed by atoms with van der Waals surface area (Å²) >= 11 is 0. The monoisotopic (exact) mass is 259 g/mol. The molecule has 2 heterocycles. The van der Waals surface area contributed by atoms with Gasteiger partial charge in [-0.1, -0.05) is 18.2 Å². The number of carbonyl (C=O) groups excluding carboxylic acids is 1. The fraction of sp³-hybridized carbons (Fsp3) is 0.286. The summed E-state index contributed by atoms with van der Waals surface area (Å²) in [5, 5.41) is 9.85. The fourth-order valence-corrected chi connectivity index (χ4v) is 2.56. The normalized spacial score (nSPS) is 18.9. The molecule has 1 amide bonds. The van der Waals surface area contributed by atoms with E-state index >= 15 is 0 Å². The Labute approximate surface area is 109 Å². The lowest BCUT2D eigenvalue weighted by atomic mass is 10.1. The van der Waals surface area contributed by atoms with Gasteiger partial charge < -0.3 is 14.4 Å². The summed E-state index contributed by atoms with van der Waals surface area (Å²) in [6, 6.07) is 6.52. The first-order chi connectivity index (χ1) is 9.18. The lowest BCUT2D eigenvalue weighted by molar-refractivity contribution is -0.141. The van der Waals surface area contributed by atoms with Gasteiger partial charge in [0.25, 0.3) is 5.91 Å². The first kappa shape index (κ1) is 11.8. The van der Waals surface area contributed by atoms with E-state index in [1.54, 1.807) is 12.1 Å². The molecule has 98 valence electrons. The van der Waals surface area contributed by atoms with Crippen LogP contribution < -0.4 is 0 Å². The van der Waals surface area contributed by atoms with Gasteiger partial charge in [-0.3, -0.25) is 4.79 Å². The van der Waals surface area contributed by atoms with Crippen LogP contribution in [0.2, 0.25) is 0 Å². The number of para-hydroxylation sites is 1. The highest BCUT2D eigenvalue weighted by molar-refractivity contribution is 6.07. The minimum Gasteiger partial charge on any atom is -0.480 e. The highest BCUT2D eigenvalue weighted by Gasteiger charge is 2.35. The number of furan rings is 1. The molecule has 1 N–H and O–H groups in total. The lowest BCUT2D eigenvalue weighted by Gasteiger charge is -2.20. The van der Waals surface area contributed by atoms with Crippen LogP contribution in [0.3, 0.4) is 0 Å². The van der Waals surface area contributed by atoms with Gasteiger partial charge in [0.1, 0.15) is 17.9 Å². The average Bonchev–Trinajstić information content (AvgIpc) is 3.05. The maximum atomic E-state index is 12.4. The van der Waals surface area contributed by atoms with Crippen molar-refractivity contribution in [1.82, 2.24) is 4.90 Å². The quantitative estimate of drug-likeness (QED) is 0.896. The minimum atomic E-state index is -0.946. The molecule has 5 heteroatoms. The molecule has 1 aromatic heterocycles. The second-order valence-corrected chi connectivity index (χ2v) is 4.64. The number of hydrogen-bond acceptors (Lipinski definition) is 3. The van der Waals surface area contributed by atoms with Crippen molar-refractivity contribution in [3.63, 3.8) is 0 Å². The van der Waals surface area contributed by atoms with Crippen LogP contribution in [0.1, 0.15) is 23.2 Å². The zero-order valence-corrected chi connectivity index (χ0v) is 10.2. The Morgan fingerprint density at radius 1 is 1.32 bits per heavy atom. The first-order valence-corrected chi connectivity index (χ1v) is 6.18. The summed E-state index contributed by atoms with van der Waals surface area (Å²) in [6.07, 6.45) is 2.64. The number of rotatable bonds is 2. The molecule has 0 unspecified atom stereocenters. The van der Waals surface area contributed by atoms with E-state index < -0.39 is 12.0 Å². The number of nitrogens with zero attached hydrogens (tertiary/aromatic N) is 1. The fourth-order valence-electron chi connectivity index (χ4n) is 2.56. The van der Waals surface area contributed by atoms with E-state index in [4.69, 9.17) is 9.52 Å². The van der Waals surface area contributed by atoms with Gasteiger partial charge in [0, 0.05) is 11.9 Å². The summed E-state index contributed by atoms with van der Waals surface area (Å²) in [5.74, 6) is -1.21. The Morgan fingerprint density at radius 2 is 2.11 bits per heavy atom. The summed E-state index contributed by atoms with van der Waals surface area (Å²) in [7, 11) is 0. The second-order valence-electron chi connectivity index (χ2n) is 4.64. The molecule has 1 fully saturated rings. The van der Waals surface area contributed by atoms with Crippen molar-refractivity contribution < 1.29 is 19.1 Å². The molecule has 0 bridgehead atoms. The Morgan fingerprint density at radius 3 is 2.89 bits per heavy atom. The standard InChI is InChI=1S/C14H13NO4/c16-13(15-7-3-5-11(15)14(17)18)10-8-19-12-6-2-1-4-9(10)12/h1-2,4,6,8,11H,3,5,7H2,(H,17,18)/t11-/m0/s1. The van der Waals surface area contributed by atoms with Gasteiger partial charge in [0.15, 0.2) is 0 Å². The summed E-state index contributed by atoms with van der Waals surface area (Å²) in [6.45, 7) is 0.481. The van der Waals surface area contributed by atoms with Crippen LogP contribution in [-0.4, -0.2) is 34.5 Å². The molecule has 3 rings (SSSR count). The number of carboxylic acids is 1. The molecule has 19 heavy (non-hydrogen) atoms. The largest absolute Gasteiger partial charge is 0.480 e. The summed E-state index contributed by atoms with van der Waals surface area (Å²) in [4.78, 5) is 25.0. The maximum Gasteiger partial charge on any atom is 0.326 e. The lowest BCUT2D eigenvalue weighted by Crippen LogP contribution is -2.40. The van der Waals surface area contributed by atoms with Gasteiger partial charge in [-0.15, -0.1) is 0 Å². The molecule has 1 aliphatic rings. The predicted octanol–water partition coefficient (Wildman–Crippen LogP) is 2.12. The van der Waals surface area contributed by atoms with E-state index in [0.717, 1.165) is 11.8 Å². The molecule has 1 saturated heterocycles. The third-order valence-electron chi connectivity index (χ3n) is 3.51. The maximum absolute atomic E-state index is 12.4. The van der Waals surface area contributed by atoms with E-state index in [0.29, 0.717) is 24.1 Å². The molecule has 0 radical (unpaired) electrons. The van der Waals surface area contributed by atoms with Crippen LogP contribution in [0, 0.1) is 0 Å². The summed E-state index contributed by atoms with van der Waals surface area (Å²) < 4.78 is 5.33. The number of fused-ring (bicyclic) bond motifs is 1. The molecule has 0 spiro atoms. The average molecular weight is 259 g/mol. The van der Waals surface area contributed by atoms with Crippen LogP contribution in [0.25, 0.3) is 11.0 Å². The van der Waals surface area contributed by atoms with Gasteiger partial charge in [-0.05, 0) is 18.9 Å².